The van der Waals surface area contributed by atoms with Crippen molar-refractivity contribution in [3.63, 3.8) is 0 Å². The number of piperazine rings is 1. The van der Waals surface area contributed by atoms with Crippen LogP contribution in [0.1, 0.15) is 18.4 Å². The number of hydrogen-bond donors (Lipinski definition) is 1. The molecule has 0 saturated carbocycles. The zero-order valence-corrected chi connectivity index (χ0v) is 16.7. The summed E-state index contributed by atoms with van der Waals surface area (Å²) in [5.41, 5.74) is 4.40. The van der Waals surface area contributed by atoms with Crippen LogP contribution < -0.4 is 15.1 Å². The van der Waals surface area contributed by atoms with E-state index in [2.05, 4.69) is 63.5 Å². The summed E-state index contributed by atoms with van der Waals surface area (Å²) in [6.45, 7) is 6.57. The molecule has 1 amide bonds. The third-order valence-corrected chi connectivity index (χ3v) is 5.79. The standard InChI is InChI=1S/C23H30N4O/c1-25-14-16-27(17-15-25)22-10-6-20(7-11-22)24-23(28)18-19-4-8-21(9-5-19)26-12-2-3-13-26/h4-11H,2-3,12-18H2,1H3,(H,24,28). The fraction of sp³-hybridized carbons (Fsp3) is 0.435. The van der Waals surface area contributed by atoms with Gasteiger partial charge in [-0.05, 0) is 61.9 Å². The normalized spacial score (nSPS) is 17.8. The van der Waals surface area contributed by atoms with Crippen LogP contribution in [0.5, 0.6) is 0 Å². The minimum absolute atomic E-state index is 0.0290. The molecule has 0 aromatic heterocycles. The van der Waals surface area contributed by atoms with Crippen LogP contribution in [0.4, 0.5) is 17.1 Å². The topological polar surface area (TPSA) is 38.8 Å². The molecular formula is C23H30N4O. The lowest BCUT2D eigenvalue weighted by Crippen LogP contribution is -2.44. The van der Waals surface area contributed by atoms with Crippen molar-refractivity contribution in [1.82, 2.24) is 4.90 Å². The van der Waals surface area contributed by atoms with Crippen LogP contribution in [0.2, 0.25) is 0 Å². The highest BCUT2D eigenvalue weighted by molar-refractivity contribution is 5.92. The van der Waals surface area contributed by atoms with Crippen LogP contribution in [-0.2, 0) is 11.2 Å². The van der Waals surface area contributed by atoms with Gasteiger partial charge in [-0.3, -0.25) is 4.79 Å². The van der Waals surface area contributed by atoms with Crippen LogP contribution in [-0.4, -0.2) is 57.1 Å². The van der Waals surface area contributed by atoms with Crippen molar-refractivity contribution >= 4 is 23.0 Å². The first-order chi connectivity index (χ1) is 13.7. The first kappa shape index (κ1) is 18.8. The summed E-state index contributed by atoms with van der Waals surface area (Å²) in [5.74, 6) is 0.0290. The molecular weight excluding hydrogens is 348 g/mol. The maximum Gasteiger partial charge on any atom is 0.228 e. The lowest BCUT2D eigenvalue weighted by atomic mass is 10.1. The van der Waals surface area contributed by atoms with Crippen LogP contribution in [0.15, 0.2) is 48.5 Å². The van der Waals surface area contributed by atoms with E-state index in [1.807, 2.05) is 12.1 Å². The van der Waals surface area contributed by atoms with Crippen LogP contribution >= 0.6 is 0 Å². The molecule has 28 heavy (non-hydrogen) atoms. The average molecular weight is 379 g/mol. The quantitative estimate of drug-likeness (QED) is 0.867. The second-order valence-electron chi connectivity index (χ2n) is 7.92. The molecule has 0 radical (unpaired) electrons. The number of nitrogens with one attached hydrogen (secondary N) is 1. The Balaban J connectivity index is 1.29. The summed E-state index contributed by atoms with van der Waals surface area (Å²) in [6.07, 6.45) is 2.95. The molecule has 1 N–H and O–H groups in total. The maximum absolute atomic E-state index is 12.4. The molecule has 2 aliphatic heterocycles. The van der Waals surface area contributed by atoms with Gasteiger partial charge >= 0.3 is 0 Å². The van der Waals surface area contributed by atoms with Crippen molar-refractivity contribution in [1.29, 1.82) is 0 Å². The molecule has 5 heteroatoms. The van der Waals surface area contributed by atoms with Gasteiger partial charge in [-0.1, -0.05) is 12.1 Å². The highest BCUT2D eigenvalue weighted by Crippen LogP contribution is 2.22. The molecule has 2 heterocycles. The van der Waals surface area contributed by atoms with Gasteiger partial charge in [0.2, 0.25) is 5.91 Å². The monoisotopic (exact) mass is 378 g/mol. The smallest absolute Gasteiger partial charge is 0.228 e. The van der Waals surface area contributed by atoms with Gasteiger partial charge in [0.25, 0.3) is 0 Å². The summed E-state index contributed by atoms with van der Waals surface area (Å²) in [7, 11) is 2.16. The van der Waals surface area contributed by atoms with E-state index in [1.54, 1.807) is 0 Å². The zero-order chi connectivity index (χ0) is 19.3. The molecule has 148 valence electrons. The van der Waals surface area contributed by atoms with Crippen LogP contribution in [0, 0.1) is 0 Å². The number of carbonyl (C=O) groups is 1. The number of hydrogen-bond acceptors (Lipinski definition) is 4. The fourth-order valence-corrected chi connectivity index (χ4v) is 4.01. The first-order valence-electron chi connectivity index (χ1n) is 10.3. The molecule has 2 aromatic rings. The van der Waals surface area contributed by atoms with E-state index >= 15 is 0 Å². The van der Waals surface area contributed by atoms with Crippen molar-refractivity contribution in [2.45, 2.75) is 19.3 Å². The lowest BCUT2D eigenvalue weighted by molar-refractivity contribution is -0.115. The minimum atomic E-state index is 0.0290. The van der Waals surface area contributed by atoms with Crippen LogP contribution in [0.25, 0.3) is 0 Å². The summed E-state index contributed by atoms with van der Waals surface area (Å²) in [5, 5.41) is 3.02. The number of rotatable bonds is 5. The van der Waals surface area contributed by atoms with Crippen molar-refractivity contribution < 1.29 is 4.79 Å². The predicted molar refractivity (Wildman–Crippen MR) is 116 cm³/mol. The summed E-state index contributed by atoms with van der Waals surface area (Å²) in [6, 6.07) is 16.6. The number of amides is 1. The van der Waals surface area contributed by atoms with Gasteiger partial charge in [0.15, 0.2) is 0 Å². The Labute approximate surface area is 167 Å². The first-order valence-corrected chi connectivity index (χ1v) is 10.3. The average Bonchev–Trinajstić information content (AvgIpc) is 3.25. The SMILES string of the molecule is CN1CCN(c2ccc(NC(=O)Cc3ccc(N4CCCC4)cc3)cc2)CC1. The highest BCUT2D eigenvalue weighted by atomic mass is 16.1. The van der Waals surface area contributed by atoms with E-state index in [1.165, 1.54) is 24.2 Å². The Bertz CT molecular complexity index is 773. The molecule has 2 aromatic carbocycles. The number of carbonyl (C=O) groups excluding carboxylic acids is 1. The molecule has 0 spiro atoms. The van der Waals surface area contributed by atoms with Gasteiger partial charge in [-0.15, -0.1) is 0 Å². The summed E-state index contributed by atoms with van der Waals surface area (Å²) < 4.78 is 0. The molecule has 2 fully saturated rings. The fourth-order valence-electron chi connectivity index (χ4n) is 4.01. The van der Waals surface area contributed by atoms with E-state index in [4.69, 9.17) is 0 Å². The van der Waals surface area contributed by atoms with E-state index in [-0.39, 0.29) is 5.91 Å². The Morgan fingerprint density at radius 2 is 1.32 bits per heavy atom. The van der Waals surface area contributed by atoms with Gasteiger partial charge in [0.05, 0.1) is 6.42 Å². The van der Waals surface area contributed by atoms with E-state index in [0.717, 1.165) is 50.5 Å². The largest absolute Gasteiger partial charge is 0.372 e. The molecule has 2 aliphatic rings. The third kappa shape index (κ3) is 4.65. The molecule has 5 nitrogen and oxygen atoms in total. The Morgan fingerprint density at radius 1 is 0.786 bits per heavy atom. The third-order valence-electron chi connectivity index (χ3n) is 5.79. The summed E-state index contributed by atoms with van der Waals surface area (Å²) in [4.78, 5) is 19.6. The van der Waals surface area contributed by atoms with Crippen molar-refractivity contribution in [2.24, 2.45) is 0 Å². The number of likely N-dealkylation sites (N-methyl/N-ethyl adjacent to an activating group) is 1. The second kappa shape index (κ2) is 8.65. The molecule has 0 aliphatic carbocycles. The van der Waals surface area contributed by atoms with Crippen molar-refractivity contribution in [2.75, 3.05) is 61.4 Å². The predicted octanol–water partition coefficient (Wildman–Crippen LogP) is 3.22. The zero-order valence-electron chi connectivity index (χ0n) is 16.7. The maximum atomic E-state index is 12.4. The number of nitrogens with zero attached hydrogens (tertiary/aromatic N) is 3. The Morgan fingerprint density at radius 3 is 1.93 bits per heavy atom. The van der Waals surface area contributed by atoms with E-state index < -0.39 is 0 Å². The van der Waals surface area contributed by atoms with E-state index in [0.29, 0.717) is 6.42 Å². The van der Waals surface area contributed by atoms with Crippen LogP contribution in [0.3, 0.4) is 0 Å². The van der Waals surface area contributed by atoms with Gasteiger partial charge in [-0.25, -0.2) is 0 Å². The van der Waals surface area contributed by atoms with Gasteiger partial charge < -0.3 is 20.0 Å². The molecule has 0 unspecified atom stereocenters. The van der Waals surface area contributed by atoms with E-state index in [9.17, 15) is 4.79 Å². The highest BCUT2D eigenvalue weighted by Gasteiger charge is 2.15. The molecule has 0 atom stereocenters. The van der Waals surface area contributed by atoms with Crippen molar-refractivity contribution in [3.05, 3.63) is 54.1 Å². The van der Waals surface area contributed by atoms with Gasteiger partial charge in [0.1, 0.15) is 0 Å². The Kier molecular flexibility index (Phi) is 5.81. The molecule has 2 saturated heterocycles. The second-order valence-corrected chi connectivity index (χ2v) is 7.92. The summed E-state index contributed by atoms with van der Waals surface area (Å²) >= 11 is 0. The molecule has 4 rings (SSSR count). The number of anilines is 3. The minimum Gasteiger partial charge on any atom is -0.372 e. The molecule has 0 bridgehead atoms. The van der Waals surface area contributed by atoms with Gasteiger partial charge in [-0.2, -0.15) is 0 Å². The Hall–Kier alpha value is -2.53. The van der Waals surface area contributed by atoms with Crippen molar-refractivity contribution in [3.8, 4) is 0 Å². The number of benzene rings is 2. The van der Waals surface area contributed by atoms with Gasteiger partial charge in [0, 0.05) is 56.3 Å². The lowest BCUT2D eigenvalue weighted by Gasteiger charge is -2.34.